The van der Waals surface area contributed by atoms with E-state index >= 15 is 0 Å². The van der Waals surface area contributed by atoms with E-state index in [1.165, 1.54) is 0 Å². The van der Waals surface area contributed by atoms with Crippen molar-refractivity contribution in [2.45, 2.75) is 39.5 Å². The molecule has 1 N–H and O–H groups in total. The van der Waals surface area contributed by atoms with Crippen molar-refractivity contribution in [2.75, 3.05) is 11.9 Å². The average molecular weight is 263 g/mol. The molecule has 0 bridgehead atoms. The van der Waals surface area contributed by atoms with Gasteiger partial charge in [0.2, 0.25) is 5.91 Å². The van der Waals surface area contributed by atoms with E-state index in [0.29, 0.717) is 24.3 Å². The minimum Gasteiger partial charge on any atom is -0.462 e. The monoisotopic (exact) mass is 263 g/mol. The van der Waals surface area contributed by atoms with E-state index in [1.807, 2.05) is 0 Å². The highest BCUT2D eigenvalue weighted by atomic mass is 16.5. The second-order valence-electron chi connectivity index (χ2n) is 4.30. The number of anilines is 1. The molecule has 0 unspecified atom stereocenters. The maximum absolute atomic E-state index is 11.6. The van der Waals surface area contributed by atoms with E-state index in [9.17, 15) is 9.59 Å². The van der Waals surface area contributed by atoms with E-state index < -0.39 is 0 Å². The molecule has 4 heteroatoms. The molecule has 1 rings (SSSR count). The predicted molar refractivity (Wildman–Crippen MR) is 75.2 cm³/mol. The van der Waals surface area contributed by atoms with Gasteiger partial charge in [0.25, 0.3) is 0 Å². The highest BCUT2D eigenvalue weighted by molar-refractivity contribution is 5.93. The second-order valence-corrected chi connectivity index (χ2v) is 4.30. The fourth-order valence-electron chi connectivity index (χ4n) is 1.66. The van der Waals surface area contributed by atoms with E-state index in [1.54, 1.807) is 31.2 Å². The molecule has 0 saturated carbocycles. The Bertz CT molecular complexity index is 412. The van der Waals surface area contributed by atoms with Gasteiger partial charge in [0.05, 0.1) is 12.2 Å². The quantitative estimate of drug-likeness (QED) is 0.606. The van der Waals surface area contributed by atoms with Crippen LogP contribution in [0, 0.1) is 0 Å². The molecule has 0 atom stereocenters. The van der Waals surface area contributed by atoms with Gasteiger partial charge in [-0.2, -0.15) is 0 Å². The normalized spacial score (nSPS) is 10.0. The number of esters is 1. The first-order chi connectivity index (χ1) is 9.17. The van der Waals surface area contributed by atoms with Crippen LogP contribution in [0.1, 0.15) is 49.9 Å². The first-order valence-corrected chi connectivity index (χ1v) is 6.74. The van der Waals surface area contributed by atoms with Gasteiger partial charge in [0.15, 0.2) is 0 Å². The zero-order valence-electron chi connectivity index (χ0n) is 11.6. The second kappa shape index (κ2) is 8.29. The number of amides is 1. The van der Waals surface area contributed by atoms with Gasteiger partial charge in [-0.25, -0.2) is 4.79 Å². The lowest BCUT2D eigenvalue weighted by atomic mass is 10.2. The Morgan fingerprint density at radius 2 is 1.79 bits per heavy atom. The summed E-state index contributed by atoms with van der Waals surface area (Å²) >= 11 is 0. The molecule has 1 amide bonds. The standard InChI is InChI=1S/C15H21NO3/c1-3-5-6-7-14(17)16-13-10-8-12(9-11-13)15(18)19-4-2/h8-11H,3-7H2,1-2H3,(H,16,17). The smallest absolute Gasteiger partial charge is 0.338 e. The molecule has 0 heterocycles. The molecule has 0 spiro atoms. The van der Waals surface area contributed by atoms with Crippen molar-refractivity contribution in [2.24, 2.45) is 0 Å². The van der Waals surface area contributed by atoms with E-state index in [2.05, 4.69) is 12.2 Å². The molecule has 0 radical (unpaired) electrons. The molecule has 1 aromatic carbocycles. The van der Waals surface area contributed by atoms with Gasteiger partial charge < -0.3 is 10.1 Å². The Balaban J connectivity index is 2.47. The number of carbonyl (C=O) groups is 2. The van der Waals surface area contributed by atoms with Gasteiger partial charge >= 0.3 is 5.97 Å². The minimum atomic E-state index is -0.344. The third-order valence-corrected chi connectivity index (χ3v) is 2.69. The van der Waals surface area contributed by atoms with Crippen LogP contribution in [0.2, 0.25) is 0 Å². The molecule has 0 fully saturated rings. The average Bonchev–Trinajstić information content (AvgIpc) is 2.40. The van der Waals surface area contributed by atoms with Crippen molar-refractivity contribution >= 4 is 17.6 Å². The van der Waals surface area contributed by atoms with Crippen LogP contribution in [0.4, 0.5) is 5.69 Å². The Kier molecular flexibility index (Phi) is 6.64. The van der Waals surface area contributed by atoms with Crippen molar-refractivity contribution in [1.29, 1.82) is 0 Å². The largest absolute Gasteiger partial charge is 0.462 e. The summed E-state index contributed by atoms with van der Waals surface area (Å²) in [4.78, 5) is 23.0. The van der Waals surface area contributed by atoms with Gasteiger partial charge in [0.1, 0.15) is 0 Å². The summed E-state index contributed by atoms with van der Waals surface area (Å²) in [7, 11) is 0. The number of unbranched alkanes of at least 4 members (excludes halogenated alkanes) is 2. The number of benzene rings is 1. The SMILES string of the molecule is CCCCCC(=O)Nc1ccc(C(=O)OCC)cc1. The summed E-state index contributed by atoms with van der Waals surface area (Å²) in [6.45, 7) is 4.23. The molecular weight excluding hydrogens is 242 g/mol. The van der Waals surface area contributed by atoms with Gasteiger partial charge in [-0.15, -0.1) is 0 Å². The maximum atomic E-state index is 11.6. The van der Waals surface area contributed by atoms with Crippen LogP contribution < -0.4 is 5.32 Å². The number of hydrogen-bond donors (Lipinski definition) is 1. The minimum absolute atomic E-state index is 0.0114. The molecule has 0 saturated heterocycles. The van der Waals surface area contributed by atoms with Crippen molar-refractivity contribution in [3.05, 3.63) is 29.8 Å². The van der Waals surface area contributed by atoms with Crippen LogP contribution in [0.3, 0.4) is 0 Å². The van der Waals surface area contributed by atoms with Crippen LogP contribution >= 0.6 is 0 Å². The topological polar surface area (TPSA) is 55.4 Å². The van der Waals surface area contributed by atoms with Gasteiger partial charge in [-0.05, 0) is 37.6 Å². The Labute approximate surface area is 114 Å². The number of ether oxygens (including phenoxy) is 1. The van der Waals surface area contributed by atoms with Crippen LogP contribution in [-0.2, 0) is 9.53 Å². The van der Waals surface area contributed by atoms with Crippen molar-refractivity contribution in [3.63, 3.8) is 0 Å². The van der Waals surface area contributed by atoms with E-state index in [-0.39, 0.29) is 11.9 Å². The van der Waals surface area contributed by atoms with E-state index in [0.717, 1.165) is 19.3 Å². The summed E-state index contributed by atoms with van der Waals surface area (Å²) in [5, 5.41) is 2.81. The van der Waals surface area contributed by atoms with Gasteiger partial charge in [0, 0.05) is 12.1 Å². The van der Waals surface area contributed by atoms with E-state index in [4.69, 9.17) is 4.74 Å². The third kappa shape index (κ3) is 5.55. The fraction of sp³-hybridized carbons (Fsp3) is 0.467. The van der Waals surface area contributed by atoms with Crippen molar-refractivity contribution in [3.8, 4) is 0 Å². The lowest BCUT2D eigenvalue weighted by molar-refractivity contribution is -0.116. The lowest BCUT2D eigenvalue weighted by Gasteiger charge is -2.06. The molecular formula is C15H21NO3. The molecule has 1 aromatic rings. The highest BCUT2D eigenvalue weighted by Crippen LogP contribution is 2.11. The Morgan fingerprint density at radius 1 is 1.11 bits per heavy atom. The van der Waals surface area contributed by atoms with Crippen molar-refractivity contribution in [1.82, 2.24) is 0 Å². The van der Waals surface area contributed by atoms with Crippen LogP contribution in [0.15, 0.2) is 24.3 Å². The van der Waals surface area contributed by atoms with Crippen LogP contribution in [0.5, 0.6) is 0 Å². The summed E-state index contributed by atoms with van der Waals surface area (Å²) in [5.41, 5.74) is 1.19. The zero-order valence-corrected chi connectivity index (χ0v) is 11.6. The first kappa shape index (κ1) is 15.2. The maximum Gasteiger partial charge on any atom is 0.338 e. The molecule has 4 nitrogen and oxygen atoms in total. The number of hydrogen-bond acceptors (Lipinski definition) is 3. The molecule has 19 heavy (non-hydrogen) atoms. The Morgan fingerprint density at radius 3 is 2.37 bits per heavy atom. The molecule has 0 aromatic heterocycles. The number of carbonyl (C=O) groups excluding carboxylic acids is 2. The third-order valence-electron chi connectivity index (χ3n) is 2.69. The highest BCUT2D eigenvalue weighted by Gasteiger charge is 2.06. The molecule has 0 aliphatic heterocycles. The van der Waals surface area contributed by atoms with Gasteiger partial charge in [-0.3, -0.25) is 4.79 Å². The summed E-state index contributed by atoms with van der Waals surface area (Å²) in [5.74, 6) is -0.333. The molecule has 0 aliphatic carbocycles. The zero-order chi connectivity index (χ0) is 14.1. The van der Waals surface area contributed by atoms with Crippen LogP contribution in [0.25, 0.3) is 0 Å². The summed E-state index contributed by atoms with van der Waals surface area (Å²) in [6.07, 6.45) is 3.60. The lowest BCUT2D eigenvalue weighted by Crippen LogP contribution is -2.11. The predicted octanol–water partition coefficient (Wildman–Crippen LogP) is 3.38. The fourth-order valence-corrected chi connectivity index (χ4v) is 1.66. The Hall–Kier alpha value is -1.84. The number of rotatable bonds is 7. The van der Waals surface area contributed by atoms with Crippen molar-refractivity contribution < 1.29 is 14.3 Å². The summed E-state index contributed by atoms with van der Waals surface area (Å²) < 4.78 is 4.89. The molecule has 0 aliphatic rings. The summed E-state index contributed by atoms with van der Waals surface area (Å²) in [6, 6.07) is 6.73. The van der Waals surface area contributed by atoms with Gasteiger partial charge in [-0.1, -0.05) is 19.8 Å². The molecule has 104 valence electrons. The first-order valence-electron chi connectivity index (χ1n) is 6.74. The van der Waals surface area contributed by atoms with Crippen LogP contribution in [-0.4, -0.2) is 18.5 Å². The number of nitrogens with one attached hydrogen (secondary N) is 1.